The van der Waals surface area contributed by atoms with Crippen molar-refractivity contribution >= 4 is 11.4 Å². The minimum atomic E-state index is 0.399. The number of aryl methyl sites for hydroxylation is 1. The number of hydrogen-bond donors (Lipinski definition) is 2. The first-order valence-corrected chi connectivity index (χ1v) is 5.01. The molecule has 0 spiro atoms. The lowest BCUT2D eigenvalue weighted by Crippen LogP contribution is -2.03. The highest BCUT2D eigenvalue weighted by Crippen LogP contribution is 2.18. The SMILES string of the molecule is Cc1nc(CNc2ccc(N)cc2C#N)no1. The van der Waals surface area contributed by atoms with Crippen LogP contribution in [0.15, 0.2) is 22.7 Å². The van der Waals surface area contributed by atoms with Gasteiger partial charge in [0.05, 0.1) is 17.8 Å². The molecule has 17 heavy (non-hydrogen) atoms. The van der Waals surface area contributed by atoms with E-state index in [1.54, 1.807) is 25.1 Å². The summed E-state index contributed by atoms with van der Waals surface area (Å²) in [7, 11) is 0. The van der Waals surface area contributed by atoms with Gasteiger partial charge in [0.1, 0.15) is 6.07 Å². The Bertz CT molecular complexity index is 569. The Balaban J connectivity index is 2.12. The van der Waals surface area contributed by atoms with E-state index in [-0.39, 0.29) is 0 Å². The van der Waals surface area contributed by atoms with Crippen molar-refractivity contribution in [3.63, 3.8) is 0 Å². The number of nitrogen functional groups attached to an aromatic ring is 1. The minimum absolute atomic E-state index is 0.399. The Morgan fingerprint density at radius 1 is 1.53 bits per heavy atom. The molecule has 3 N–H and O–H groups in total. The van der Waals surface area contributed by atoms with Gasteiger partial charge in [-0.25, -0.2) is 0 Å². The molecule has 0 aliphatic carbocycles. The third-order valence-electron chi connectivity index (χ3n) is 2.17. The number of benzene rings is 1. The summed E-state index contributed by atoms with van der Waals surface area (Å²) >= 11 is 0. The predicted molar refractivity (Wildman–Crippen MR) is 61.9 cm³/mol. The molecule has 0 amide bonds. The molecule has 0 radical (unpaired) electrons. The molecule has 1 aromatic heterocycles. The second-order valence-corrected chi connectivity index (χ2v) is 3.50. The first-order chi connectivity index (χ1) is 8.19. The van der Waals surface area contributed by atoms with E-state index in [2.05, 4.69) is 21.5 Å². The highest BCUT2D eigenvalue weighted by molar-refractivity contribution is 5.62. The van der Waals surface area contributed by atoms with Crippen LogP contribution in [-0.2, 0) is 6.54 Å². The summed E-state index contributed by atoms with van der Waals surface area (Å²) in [6.07, 6.45) is 0. The maximum atomic E-state index is 8.95. The normalized spacial score (nSPS) is 9.88. The van der Waals surface area contributed by atoms with Gasteiger partial charge in [-0.1, -0.05) is 5.16 Å². The third kappa shape index (κ3) is 2.52. The van der Waals surface area contributed by atoms with E-state index in [4.69, 9.17) is 15.5 Å². The van der Waals surface area contributed by atoms with Gasteiger partial charge in [0.25, 0.3) is 0 Å². The fourth-order valence-corrected chi connectivity index (χ4v) is 1.40. The Kier molecular flexibility index (Phi) is 2.92. The summed E-state index contributed by atoms with van der Waals surface area (Å²) in [5, 5.41) is 15.8. The van der Waals surface area contributed by atoms with Crippen LogP contribution in [0.5, 0.6) is 0 Å². The van der Waals surface area contributed by atoms with Gasteiger partial charge in [0.15, 0.2) is 5.82 Å². The van der Waals surface area contributed by atoms with Gasteiger partial charge in [0.2, 0.25) is 5.89 Å². The van der Waals surface area contributed by atoms with Crippen LogP contribution in [0.3, 0.4) is 0 Å². The number of nitrogens with two attached hydrogens (primary N) is 1. The highest BCUT2D eigenvalue weighted by atomic mass is 16.5. The van der Waals surface area contributed by atoms with E-state index in [1.807, 2.05) is 0 Å². The zero-order chi connectivity index (χ0) is 12.3. The molecule has 0 aliphatic rings. The van der Waals surface area contributed by atoms with Crippen LogP contribution in [0.25, 0.3) is 0 Å². The van der Waals surface area contributed by atoms with Crippen LogP contribution in [0, 0.1) is 18.3 Å². The van der Waals surface area contributed by atoms with Crippen molar-refractivity contribution in [1.82, 2.24) is 10.1 Å². The van der Waals surface area contributed by atoms with Gasteiger partial charge in [-0.2, -0.15) is 10.2 Å². The molecule has 0 unspecified atom stereocenters. The molecule has 6 heteroatoms. The Hall–Kier alpha value is -2.55. The fourth-order valence-electron chi connectivity index (χ4n) is 1.40. The van der Waals surface area contributed by atoms with Gasteiger partial charge in [0, 0.05) is 12.6 Å². The number of nitriles is 1. The van der Waals surface area contributed by atoms with Crippen molar-refractivity contribution in [2.45, 2.75) is 13.5 Å². The van der Waals surface area contributed by atoms with E-state index in [0.29, 0.717) is 35.2 Å². The fraction of sp³-hybridized carbons (Fsp3) is 0.182. The number of anilines is 2. The van der Waals surface area contributed by atoms with E-state index < -0.39 is 0 Å². The van der Waals surface area contributed by atoms with Crippen LogP contribution in [0.4, 0.5) is 11.4 Å². The zero-order valence-electron chi connectivity index (χ0n) is 9.27. The molecule has 1 aromatic carbocycles. The molecule has 6 nitrogen and oxygen atoms in total. The van der Waals surface area contributed by atoms with Gasteiger partial charge in [-0.05, 0) is 18.2 Å². The van der Waals surface area contributed by atoms with Gasteiger partial charge in [-0.15, -0.1) is 0 Å². The average molecular weight is 229 g/mol. The van der Waals surface area contributed by atoms with Crippen molar-refractivity contribution in [2.75, 3.05) is 11.1 Å². The van der Waals surface area contributed by atoms with Crippen LogP contribution in [0.1, 0.15) is 17.3 Å². The largest absolute Gasteiger partial charge is 0.399 e. The number of nitrogens with zero attached hydrogens (tertiary/aromatic N) is 3. The van der Waals surface area contributed by atoms with Crippen molar-refractivity contribution in [3.8, 4) is 6.07 Å². The topological polar surface area (TPSA) is 101 Å². The van der Waals surface area contributed by atoms with Crippen LogP contribution >= 0.6 is 0 Å². The lowest BCUT2D eigenvalue weighted by Gasteiger charge is -2.06. The van der Waals surface area contributed by atoms with Gasteiger partial charge < -0.3 is 15.6 Å². The lowest BCUT2D eigenvalue weighted by atomic mass is 10.1. The first kappa shape index (κ1) is 11.0. The summed E-state index contributed by atoms with van der Waals surface area (Å²) in [5.41, 5.74) is 7.34. The van der Waals surface area contributed by atoms with Gasteiger partial charge >= 0.3 is 0 Å². The van der Waals surface area contributed by atoms with Crippen molar-refractivity contribution in [3.05, 3.63) is 35.5 Å². The molecule has 2 rings (SSSR count). The molecule has 86 valence electrons. The lowest BCUT2D eigenvalue weighted by molar-refractivity contribution is 0.388. The molecular formula is C11H11N5O. The summed E-state index contributed by atoms with van der Waals surface area (Å²) < 4.78 is 4.84. The Labute approximate surface area is 98.1 Å². The zero-order valence-corrected chi connectivity index (χ0v) is 9.27. The smallest absolute Gasteiger partial charge is 0.223 e. The number of nitrogens with one attached hydrogen (secondary N) is 1. The first-order valence-electron chi connectivity index (χ1n) is 5.01. The van der Waals surface area contributed by atoms with E-state index in [9.17, 15) is 0 Å². The van der Waals surface area contributed by atoms with Crippen LogP contribution in [0.2, 0.25) is 0 Å². The van der Waals surface area contributed by atoms with Gasteiger partial charge in [-0.3, -0.25) is 0 Å². The molecule has 0 fully saturated rings. The van der Waals surface area contributed by atoms with E-state index in [1.165, 1.54) is 0 Å². The van der Waals surface area contributed by atoms with Crippen molar-refractivity contribution in [2.24, 2.45) is 0 Å². The minimum Gasteiger partial charge on any atom is -0.399 e. The highest BCUT2D eigenvalue weighted by Gasteiger charge is 2.05. The number of hydrogen-bond acceptors (Lipinski definition) is 6. The molecule has 0 bridgehead atoms. The standard InChI is InChI=1S/C11H11N5O/c1-7-15-11(16-17-7)6-14-10-3-2-9(13)4-8(10)5-12/h2-4,14H,6,13H2,1H3. The summed E-state index contributed by atoms with van der Waals surface area (Å²) in [5.74, 6) is 1.06. The summed E-state index contributed by atoms with van der Waals surface area (Å²) in [4.78, 5) is 4.05. The summed E-state index contributed by atoms with van der Waals surface area (Å²) in [6, 6.07) is 7.16. The second kappa shape index (κ2) is 4.53. The van der Waals surface area contributed by atoms with Crippen LogP contribution < -0.4 is 11.1 Å². The van der Waals surface area contributed by atoms with E-state index >= 15 is 0 Å². The van der Waals surface area contributed by atoms with E-state index in [0.717, 1.165) is 0 Å². The third-order valence-corrected chi connectivity index (χ3v) is 2.17. The predicted octanol–water partition coefficient (Wildman–Crippen LogP) is 1.44. The molecule has 1 heterocycles. The maximum Gasteiger partial charge on any atom is 0.223 e. The molecule has 0 saturated carbocycles. The van der Waals surface area contributed by atoms with Crippen molar-refractivity contribution in [1.29, 1.82) is 5.26 Å². The molecule has 0 saturated heterocycles. The van der Waals surface area contributed by atoms with Crippen molar-refractivity contribution < 1.29 is 4.52 Å². The number of rotatable bonds is 3. The average Bonchev–Trinajstić information content (AvgIpc) is 2.73. The molecule has 0 aliphatic heterocycles. The molecule has 2 aromatic rings. The number of aromatic nitrogens is 2. The second-order valence-electron chi connectivity index (χ2n) is 3.50. The van der Waals surface area contributed by atoms with Crippen LogP contribution in [-0.4, -0.2) is 10.1 Å². The molecular weight excluding hydrogens is 218 g/mol. The maximum absolute atomic E-state index is 8.95. The summed E-state index contributed by atoms with van der Waals surface area (Å²) in [6.45, 7) is 2.12. The Morgan fingerprint density at radius 2 is 2.35 bits per heavy atom. The quantitative estimate of drug-likeness (QED) is 0.772. The monoisotopic (exact) mass is 229 g/mol. The Morgan fingerprint density at radius 3 is 3.00 bits per heavy atom. The molecule has 0 atom stereocenters.